The predicted octanol–water partition coefficient (Wildman–Crippen LogP) is 3.37. The maximum Gasteiger partial charge on any atom is 0.240 e. The van der Waals surface area contributed by atoms with Crippen LogP contribution in [0.15, 0.2) is 51.8 Å². The topological polar surface area (TPSA) is 75.3 Å². The van der Waals surface area contributed by atoms with E-state index in [2.05, 4.69) is 26.0 Å². The van der Waals surface area contributed by atoms with Gasteiger partial charge in [0, 0.05) is 23.1 Å². The minimum atomic E-state index is -3.61. The predicted molar refractivity (Wildman–Crippen MR) is 98.5 cm³/mol. The molecule has 7 heteroatoms. The number of carbonyl (C=O) groups excluding carboxylic acids is 1. The second kappa shape index (κ2) is 7.92. The van der Waals surface area contributed by atoms with Crippen LogP contribution in [0.1, 0.15) is 17.5 Å². The Hall–Kier alpha value is -1.70. The number of amides is 1. The average molecular weight is 411 g/mol. The van der Waals surface area contributed by atoms with Crippen LogP contribution >= 0.6 is 15.9 Å². The van der Waals surface area contributed by atoms with Crippen LogP contribution in [0.25, 0.3) is 0 Å². The lowest BCUT2D eigenvalue weighted by atomic mass is 10.1. The standard InChI is InChI=1S/C17H19BrN2O3S/c1-12-3-4-13(2)16(11-12)20-17(21)9-10-19-24(22,23)15-7-5-14(18)6-8-15/h3-8,11,19H,9-10H2,1-2H3,(H,20,21). The van der Waals surface area contributed by atoms with Crippen LogP contribution in [0.2, 0.25) is 0 Å². The summed E-state index contributed by atoms with van der Waals surface area (Å²) >= 11 is 3.26. The van der Waals surface area contributed by atoms with Gasteiger partial charge >= 0.3 is 0 Å². The summed E-state index contributed by atoms with van der Waals surface area (Å²) in [6.07, 6.45) is 0.0587. The highest BCUT2D eigenvalue weighted by molar-refractivity contribution is 9.10. The molecule has 0 fully saturated rings. The molecule has 0 saturated heterocycles. The van der Waals surface area contributed by atoms with Crippen molar-refractivity contribution >= 4 is 37.5 Å². The van der Waals surface area contributed by atoms with Crippen molar-refractivity contribution in [3.63, 3.8) is 0 Å². The number of halogens is 1. The second-order valence-corrected chi connectivity index (χ2v) is 8.15. The first kappa shape index (κ1) is 18.6. The molecule has 0 saturated carbocycles. The third-order valence-corrected chi connectivity index (χ3v) is 5.44. The Morgan fingerprint density at radius 3 is 2.42 bits per heavy atom. The summed E-state index contributed by atoms with van der Waals surface area (Å²) in [6.45, 7) is 3.89. The van der Waals surface area contributed by atoms with E-state index in [4.69, 9.17) is 0 Å². The fourth-order valence-electron chi connectivity index (χ4n) is 2.08. The molecule has 2 N–H and O–H groups in total. The molecule has 0 aliphatic rings. The molecule has 0 bridgehead atoms. The number of hydrogen-bond acceptors (Lipinski definition) is 3. The molecule has 128 valence electrons. The summed E-state index contributed by atoms with van der Waals surface area (Å²) in [7, 11) is -3.61. The largest absolute Gasteiger partial charge is 0.326 e. The second-order valence-electron chi connectivity index (χ2n) is 5.47. The van der Waals surface area contributed by atoms with E-state index >= 15 is 0 Å². The Kier molecular flexibility index (Phi) is 6.15. The van der Waals surface area contributed by atoms with Gasteiger partial charge in [0.05, 0.1) is 4.90 Å². The summed E-state index contributed by atoms with van der Waals surface area (Å²) in [5.74, 6) is -0.234. The van der Waals surface area contributed by atoms with Crippen LogP contribution < -0.4 is 10.0 Å². The molecule has 0 unspecified atom stereocenters. The number of rotatable bonds is 6. The van der Waals surface area contributed by atoms with E-state index in [1.807, 2.05) is 32.0 Å². The number of sulfonamides is 1. The molecule has 1 amide bonds. The Bertz CT molecular complexity index is 833. The van der Waals surface area contributed by atoms with E-state index in [0.717, 1.165) is 21.3 Å². The van der Waals surface area contributed by atoms with Crippen molar-refractivity contribution in [2.75, 3.05) is 11.9 Å². The molecule has 0 spiro atoms. The van der Waals surface area contributed by atoms with Crippen molar-refractivity contribution in [3.8, 4) is 0 Å². The summed E-state index contributed by atoms with van der Waals surface area (Å²) in [5.41, 5.74) is 2.76. The average Bonchev–Trinajstić information content (AvgIpc) is 2.51. The van der Waals surface area contributed by atoms with Crippen molar-refractivity contribution < 1.29 is 13.2 Å². The number of carbonyl (C=O) groups is 1. The lowest BCUT2D eigenvalue weighted by molar-refractivity contribution is -0.116. The maximum atomic E-state index is 12.1. The van der Waals surface area contributed by atoms with E-state index in [0.29, 0.717) is 0 Å². The quantitative estimate of drug-likeness (QED) is 0.766. The number of anilines is 1. The van der Waals surface area contributed by atoms with Crippen LogP contribution in [0.4, 0.5) is 5.69 Å². The van der Waals surface area contributed by atoms with Crippen LogP contribution in [-0.4, -0.2) is 20.9 Å². The van der Waals surface area contributed by atoms with Gasteiger partial charge in [-0.05, 0) is 55.3 Å². The van der Waals surface area contributed by atoms with Gasteiger partial charge < -0.3 is 5.32 Å². The Balaban J connectivity index is 1.90. The molecule has 2 rings (SSSR count). The van der Waals surface area contributed by atoms with E-state index < -0.39 is 10.0 Å². The summed E-state index contributed by atoms with van der Waals surface area (Å²) in [6, 6.07) is 12.1. The molecule has 0 radical (unpaired) electrons. The molecule has 0 aliphatic carbocycles. The fourth-order valence-corrected chi connectivity index (χ4v) is 3.38. The number of benzene rings is 2. The molecular formula is C17H19BrN2O3S. The SMILES string of the molecule is Cc1ccc(C)c(NC(=O)CCNS(=O)(=O)c2ccc(Br)cc2)c1. The summed E-state index contributed by atoms with van der Waals surface area (Å²) in [5, 5.41) is 2.80. The third kappa shape index (κ3) is 5.15. The van der Waals surface area contributed by atoms with Gasteiger partial charge in [-0.2, -0.15) is 0 Å². The van der Waals surface area contributed by atoms with Crippen molar-refractivity contribution in [2.24, 2.45) is 0 Å². The third-order valence-electron chi connectivity index (χ3n) is 3.44. The van der Waals surface area contributed by atoms with Crippen molar-refractivity contribution in [2.45, 2.75) is 25.2 Å². The summed E-state index contributed by atoms with van der Waals surface area (Å²) in [4.78, 5) is 12.2. The highest BCUT2D eigenvalue weighted by Crippen LogP contribution is 2.17. The van der Waals surface area contributed by atoms with Crippen molar-refractivity contribution in [3.05, 3.63) is 58.1 Å². The Morgan fingerprint density at radius 1 is 1.08 bits per heavy atom. The smallest absolute Gasteiger partial charge is 0.240 e. The van der Waals surface area contributed by atoms with E-state index in [9.17, 15) is 13.2 Å². The zero-order valence-corrected chi connectivity index (χ0v) is 15.9. The Labute approximate surface area is 150 Å². The van der Waals surface area contributed by atoms with Gasteiger partial charge in [0.25, 0.3) is 0 Å². The lowest BCUT2D eigenvalue weighted by Crippen LogP contribution is -2.28. The highest BCUT2D eigenvalue weighted by Gasteiger charge is 2.14. The number of nitrogens with one attached hydrogen (secondary N) is 2. The number of hydrogen-bond donors (Lipinski definition) is 2. The molecule has 2 aromatic rings. The molecule has 5 nitrogen and oxygen atoms in total. The minimum absolute atomic E-state index is 0.0368. The van der Waals surface area contributed by atoms with Crippen molar-refractivity contribution in [1.29, 1.82) is 0 Å². The zero-order chi connectivity index (χ0) is 17.7. The van der Waals surface area contributed by atoms with Crippen LogP contribution in [0, 0.1) is 13.8 Å². The van der Waals surface area contributed by atoms with Gasteiger partial charge in [-0.15, -0.1) is 0 Å². The van der Waals surface area contributed by atoms with Gasteiger partial charge in [-0.1, -0.05) is 28.1 Å². The first-order valence-electron chi connectivity index (χ1n) is 7.40. The molecule has 24 heavy (non-hydrogen) atoms. The van der Waals surface area contributed by atoms with E-state index in [1.165, 1.54) is 12.1 Å². The molecule has 2 aromatic carbocycles. The van der Waals surface area contributed by atoms with Gasteiger partial charge in [-0.3, -0.25) is 4.79 Å². The molecular weight excluding hydrogens is 392 g/mol. The van der Waals surface area contributed by atoms with E-state index in [1.54, 1.807) is 12.1 Å². The monoisotopic (exact) mass is 410 g/mol. The molecule has 0 aliphatic heterocycles. The first-order valence-corrected chi connectivity index (χ1v) is 9.68. The zero-order valence-electron chi connectivity index (χ0n) is 13.5. The lowest BCUT2D eigenvalue weighted by Gasteiger charge is -2.10. The van der Waals surface area contributed by atoms with Gasteiger partial charge in [0.15, 0.2) is 0 Å². The highest BCUT2D eigenvalue weighted by atomic mass is 79.9. The minimum Gasteiger partial charge on any atom is -0.326 e. The molecule has 0 heterocycles. The maximum absolute atomic E-state index is 12.1. The van der Waals surface area contributed by atoms with Gasteiger partial charge in [-0.25, -0.2) is 13.1 Å². The van der Waals surface area contributed by atoms with Crippen LogP contribution in [-0.2, 0) is 14.8 Å². The number of aryl methyl sites for hydroxylation is 2. The molecule has 0 atom stereocenters. The van der Waals surface area contributed by atoms with Gasteiger partial charge in [0.2, 0.25) is 15.9 Å². The Morgan fingerprint density at radius 2 is 1.75 bits per heavy atom. The fraction of sp³-hybridized carbons (Fsp3) is 0.235. The van der Waals surface area contributed by atoms with Gasteiger partial charge in [0.1, 0.15) is 0 Å². The normalized spacial score (nSPS) is 11.3. The van der Waals surface area contributed by atoms with Crippen molar-refractivity contribution in [1.82, 2.24) is 4.72 Å². The van der Waals surface area contributed by atoms with Crippen LogP contribution in [0.5, 0.6) is 0 Å². The summed E-state index contributed by atoms with van der Waals surface area (Å²) < 4.78 is 27.5. The van der Waals surface area contributed by atoms with Crippen LogP contribution in [0.3, 0.4) is 0 Å². The van der Waals surface area contributed by atoms with E-state index in [-0.39, 0.29) is 23.8 Å². The first-order chi connectivity index (χ1) is 11.3. The molecule has 0 aromatic heterocycles.